The molecule has 0 aliphatic heterocycles. The van der Waals surface area contributed by atoms with Crippen molar-refractivity contribution in [1.29, 1.82) is 0 Å². The molecular weight excluding hydrogens is 328 g/mol. The summed E-state index contributed by atoms with van der Waals surface area (Å²) in [5.41, 5.74) is 4.51. The summed E-state index contributed by atoms with van der Waals surface area (Å²) in [5, 5.41) is 3.37. The fourth-order valence-corrected chi connectivity index (χ4v) is 2.57. The van der Waals surface area contributed by atoms with Crippen LogP contribution in [0.4, 0.5) is 5.69 Å². The van der Waals surface area contributed by atoms with E-state index in [1.165, 1.54) is 5.56 Å². The van der Waals surface area contributed by atoms with Gasteiger partial charge < -0.3 is 5.32 Å². The summed E-state index contributed by atoms with van der Waals surface area (Å²) in [5.74, 6) is 0.0426. The van der Waals surface area contributed by atoms with Crippen molar-refractivity contribution in [2.24, 2.45) is 0 Å². The predicted octanol–water partition coefficient (Wildman–Crippen LogP) is 4.53. The fourth-order valence-electron chi connectivity index (χ4n) is 2.30. The van der Waals surface area contributed by atoms with Crippen molar-refractivity contribution < 1.29 is 4.79 Å². The van der Waals surface area contributed by atoms with Gasteiger partial charge in [-0.25, -0.2) is 0 Å². The van der Waals surface area contributed by atoms with Crippen LogP contribution in [0.1, 0.15) is 41.2 Å². The lowest BCUT2D eigenvalue weighted by Gasteiger charge is -2.14. The predicted molar refractivity (Wildman–Crippen MR) is 89.8 cm³/mol. The van der Waals surface area contributed by atoms with Crippen LogP contribution in [-0.4, -0.2) is 10.8 Å². The number of pyridine rings is 1. The van der Waals surface area contributed by atoms with Gasteiger partial charge in [0.1, 0.15) is 0 Å². The number of benzene rings is 1. The van der Waals surface area contributed by atoms with Crippen molar-refractivity contribution in [1.82, 2.24) is 4.98 Å². The van der Waals surface area contributed by atoms with E-state index in [1.54, 1.807) is 6.92 Å². The molecule has 4 heteroatoms. The molecule has 2 aromatic rings. The molecule has 0 fully saturated rings. The van der Waals surface area contributed by atoms with Crippen molar-refractivity contribution in [3.8, 4) is 0 Å². The number of nitrogens with zero attached hydrogens (tertiary/aromatic N) is 1. The third-order valence-electron chi connectivity index (χ3n) is 3.36. The van der Waals surface area contributed by atoms with Crippen LogP contribution < -0.4 is 5.32 Å². The fraction of sp³-hybridized carbons (Fsp3) is 0.294. The number of carbonyl (C=O) groups excluding carboxylic acids is 1. The molecule has 0 bridgehead atoms. The van der Waals surface area contributed by atoms with Gasteiger partial charge in [0.25, 0.3) is 0 Å². The number of halogens is 1. The summed E-state index contributed by atoms with van der Waals surface area (Å²) in [6.07, 6.45) is 0.853. The largest absolute Gasteiger partial charge is 0.380 e. The number of aryl methyl sites for hydroxylation is 2. The summed E-state index contributed by atoms with van der Waals surface area (Å²) in [6, 6.07) is 10.1. The van der Waals surface area contributed by atoms with E-state index >= 15 is 0 Å². The SMILES string of the molecule is CCc1cc(NCc2ccc(Br)cc2)c(C(C)=O)c(C)n1. The molecule has 0 aliphatic carbocycles. The van der Waals surface area contributed by atoms with E-state index in [2.05, 4.69) is 45.3 Å². The van der Waals surface area contributed by atoms with Crippen LogP contribution in [0.25, 0.3) is 0 Å². The highest BCUT2D eigenvalue weighted by Gasteiger charge is 2.13. The summed E-state index contributed by atoms with van der Waals surface area (Å²) < 4.78 is 1.06. The molecule has 0 aliphatic rings. The first-order chi connectivity index (χ1) is 10.0. The van der Waals surface area contributed by atoms with Crippen molar-refractivity contribution in [2.75, 3.05) is 5.32 Å². The highest BCUT2D eigenvalue weighted by atomic mass is 79.9. The number of rotatable bonds is 5. The minimum absolute atomic E-state index is 0.0426. The zero-order valence-electron chi connectivity index (χ0n) is 12.5. The van der Waals surface area contributed by atoms with Crippen LogP contribution >= 0.6 is 15.9 Å². The van der Waals surface area contributed by atoms with Crippen LogP contribution in [0.5, 0.6) is 0 Å². The van der Waals surface area contributed by atoms with E-state index in [1.807, 2.05) is 25.1 Å². The Kier molecular flexibility index (Phi) is 5.12. The molecule has 1 aromatic heterocycles. The molecular formula is C17H19BrN2O. The second-order valence-corrected chi connectivity index (χ2v) is 5.93. The Labute approximate surface area is 133 Å². The summed E-state index contributed by atoms with van der Waals surface area (Å²) in [7, 11) is 0. The second-order valence-electron chi connectivity index (χ2n) is 5.01. The van der Waals surface area contributed by atoms with Gasteiger partial charge in [0, 0.05) is 22.4 Å². The third kappa shape index (κ3) is 3.91. The normalized spacial score (nSPS) is 10.5. The monoisotopic (exact) mass is 346 g/mol. The minimum atomic E-state index is 0.0426. The summed E-state index contributed by atoms with van der Waals surface area (Å²) >= 11 is 3.43. The third-order valence-corrected chi connectivity index (χ3v) is 3.89. The number of anilines is 1. The van der Waals surface area contributed by atoms with Gasteiger partial charge in [-0.3, -0.25) is 9.78 Å². The zero-order chi connectivity index (χ0) is 15.4. The van der Waals surface area contributed by atoms with Gasteiger partial charge >= 0.3 is 0 Å². The number of Topliss-reactive ketones (excluding diaryl/α,β-unsaturated/α-hetero) is 1. The first-order valence-electron chi connectivity index (χ1n) is 7.01. The Morgan fingerprint density at radius 3 is 2.52 bits per heavy atom. The molecule has 1 N–H and O–H groups in total. The van der Waals surface area contributed by atoms with E-state index < -0.39 is 0 Å². The van der Waals surface area contributed by atoms with Crippen molar-refractivity contribution in [2.45, 2.75) is 33.7 Å². The maximum absolute atomic E-state index is 11.9. The lowest BCUT2D eigenvalue weighted by Crippen LogP contribution is -2.09. The first kappa shape index (κ1) is 15.7. The second kappa shape index (κ2) is 6.85. The van der Waals surface area contributed by atoms with Crippen LogP contribution in [0.2, 0.25) is 0 Å². The number of carbonyl (C=O) groups is 1. The molecule has 0 amide bonds. The topological polar surface area (TPSA) is 42.0 Å². The lowest BCUT2D eigenvalue weighted by molar-refractivity contribution is 0.101. The van der Waals surface area contributed by atoms with Crippen LogP contribution in [0.15, 0.2) is 34.8 Å². The smallest absolute Gasteiger partial charge is 0.163 e. The molecule has 0 saturated carbocycles. The molecule has 0 atom stereocenters. The summed E-state index contributed by atoms with van der Waals surface area (Å²) in [4.78, 5) is 16.3. The Morgan fingerprint density at radius 1 is 1.29 bits per heavy atom. The quantitative estimate of drug-likeness (QED) is 0.808. The van der Waals surface area contributed by atoms with E-state index in [9.17, 15) is 4.79 Å². The molecule has 1 heterocycles. The maximum atomic E-state index is 11.9. The molecule has 1 aromatic carbocycles. The average molecular weight is 347 g/mol. The Hall–Kier alpha value is -1.68. The van der Waals surface area contributed by atoms with E-state index in [0.717, 1.165) is 28.0 Å². The van der Waals surface area contributed by atoms with Gasteiger partial charge in [0.2, 0.25) is 0 Å². The number of aromatic nitrogens is 1. The molecule has 0 radical (unpaired) electrons. The molecule has 21 heavy (non-hydrogen) atoms. The molecule has 2 rings (SSSR count). The highest BCUT2D eigenvalue weighted by molar-refractivity contribution is 9.10. The van der Waals surface area contributed by atoms with Crippen LogP contribution in [0, 0.1) is 6.92 Å². The Balaban J connectivity index is 2.27. The van der Waals surface area contributed by atoms with Gasteiger partial charge in [-0.1, -0.05) is 35.0 Å². The van der Waals surface area contributed by atoms with Gasteiger partial charge in [-0.05, 0) is 44.0 Å². The minimum Gasteiger partial charge on any atom is -0.380 e. The highest BCUT2D eigenvalue weighted by Crippen LogP contribution is 2.22. The van der Waals surface area contributed by atoms with Crippen molar-refractivity contribution in [3.05, 3.63) is 57.3 Å². The molecule has 110 valence electrons. The van der Waals surface area contributed by atoms with E-state index in [0.29, 0.717) is 12.1 Å². The Morgan fingerprint density at radius 2 is 1.95 bits per heavy atom. The molecule has 0 unspecified atom stereocenters. The number of ketones is 1. The Bertz CT molecular complexity index is 651. The zero-order valence-corrected chi connectivity index (χ0v) is 14.1. The van der Waals surface area contributed by atoms with Gasteiger partial charge in [0.15, 0.2) is 5.78 Å². The van der Waals surface area contributed by atoms with Crippen molar-refractivity contribution in [3.63, 3.8) is 0 Å². The van der Waals surface area contributed by atoms with Gasteiger partial charge in [-0.15, -0.1) is 0 Å². The molecule has 0 spiro atoms. The molecule has 3 nitrogen and oxygen atoms in total. The number of nitrogens with one attached hydrogen (secondary N) is 1. The summed E-state index contributed by atoms with van der Waals surface area (Å²) in [6.45, 7) is 6.22. The number of hydrogen-bond donors (Lipinski definition) is 1. The first-order valence-corrected chi connectivity index (χ1v) is 7.80. The average Bonchev–Trinajstić information content (AvgIpc) is 2.45. The van der Waals surface area contributed by atoms with E-state index in [4.69, 9.17) is 0 Å². The number of hydrogen-bond acceptors (Lipinski definition) is 3. The standard InChI is InChI=1S/C17H19BrN2O/c1-4-15-9-16(17(12(3)21)11(2)20-15)19-10-13-5-7-14(18)8-6-13/h5-9H,4,10H2,1-3H3,(H,19,20). The lowest BCUT2D eigenvalue weighted by atomic mass is 10.1. The van der Waals surface area contributed by atoms with Crippen molar-refractivity contribution >= 4 is 27.4 Å². The van der Waals surface area contributed by atoms with Gasteiger partial charge in [0.05, 0.1) is 11.3 Å². The van der Waals surface area contributed by atoms with Crippen LogP contribution in [0.3, 0.4) is 0 Å². The van der Waals surface area contributed by atoms with Gasteiger partial charge in [-0.2, -0.15) is 0 Å². The van der Waals surface area contributed by atoms with Crippen LogP contribution in [-0.2, 0) is 13.0 Å². The molecule has 0 saturated heterocycles. The maximum Gasteiger partial charge on any atom is 0.163 e. The van der Waals surface area contributed by atoms with E-state index in [-0.39, 0.29) is 5.78 Å².